The largest absolute Gasteiger partial charge is 0.309 e. The summed E-state index contributed by atoms with van der Waals surface area (Å²) in [5.41, 5.74) is 11.1. The fourth-order valence-corrected chi connectivity index (χ4v) is 7.47. The first-order valence-electron chi connectivity index (χ1n) is 16.3. The van der Waals surface area contributed by atoms with Gasteiger partial charge in [0.25, 0.3) is 0 Å². The first kappa shape index (κ1) is 28.8. The van der Waals surface area contributed by atoms with Crippen LogP contribution in [0.1, 0.15) is 11.1 Å². The van der Waals surface area contributed by atoms with E-state index in [1.807, 2.05) is 78.9 Å². The molecule has 2 heterocycles. The highest BCUT2D eigenvalue weighted by atomic mass is 15.0. The lowest BCUT2D eigenvalue weighted by molar-refractivity contribution is 1.18. The summed E-state index contributed by atoms with van der Waals surface area (Å²) in [6, 6.07) is 55.4. The molecular formula is C45H25N5. The number of aromatic nitrogens is 2. The molecule has 0 saturated heterocycles. The average Bonchev–Trinajstić information content (AvgIpc) is 3.70. The summed E-state index contributed by atoms with van der Waals surface area (Å²) < 4.78 is 4.48. The first-order valence-corrected chi connectivity index (χ1v) is 16.3. The van der Waals surface area contributed by atoms with Gasteiger partial charge in [0.2, 0.25) is 0 Å². The smallest absolute Gasteiger partial charge is 0.195 e. The van der Waals surface area contributed by atoms with Crippen molar-refractivity contribution in [3.8, 4) is 45.8 Å². The van der Waals surface area contributed by atoms with E-state index in [2.05, 4.69) is 98.9 Å². The van der Waals surface area contributed by atoms with Gasteiger partial charge in [0.05, 0.1) is 57.6 Å². The molecule has 0 N–H and O–H groups in total. The minimum atomic E-state index is 0.505. The molecule has 9 aromatic rings. The SMILES string of the molecule is [C-]#[N+]c1cccc(-c2cccc(-n3c4ccccc4c4cc(C#N)ccc43)c2)c1-c1cc(C#N)ccc1-n1c2ccccc2c2ccccc21. The van der Waals surface area contributed by atoms with Gasteiger partial charge in [-0.1, -0.05) is 84.9 Å². The van der Waals surface area contributed by atoms with Gasteiger partial charge in [0.1, 0.15) is 0 Å². The van der Waals surface area contributed by atoms with Crippen LogP contribution < -0.4 is 0 Å². The Bertz CT molecular complexity index is 2920. The quantitative estimate of drug-likeness (QED) is 0.181. The summed E-state index contributed by atoms with van der Waals surface area (Å²) in [4.78, 5) is 4.03. The number of para-hydroxylation sites is 3. The number of nitriles is 2. The van der Waals surface area contributed by atoms with E-state index in [-0.39, 0.29) is 0 Å². The lowest BCUT2D eigenvalue weighted by Crippen LogP contribution is -1.99. The molecule has 2 aromatic heterocycles. The predicted molar refractivity (Wildman–Crippen MR) is 202 cm³/mol. The van der Waals surface area contributed by atoms with Crippen LogP contribution in [0.5, 0.6) is 0 Å². The van der Waals surface area contributed by atoms with Crippen molar-refractivity contribution in [2.45, 2.75) is 0 Å². The molecule has 0 aliphatic carbocycles. The maximum Gasteiger partial charge on any atom is 0.195 e. The summed E-state index contributed by atoms with van der Waals surface area (Å²) in [6.07, 6.45) is 0. The van der Waals surface area contributed by atoms with Crippen molar-refractivity contribution in [3.63, 3.8) is 0 Å². The second-order valence-corrected chi connectivity index (χ2v) is 12.3. The van der Waals surface area contributed by atoms with Crippen molar-refractivity contribution in [3.05, 3.63) is 174 Å². The Morgan fingerprint density at radius 2 is 1.06 bits per heavy atom. The molecule has 0 radical (unpaired) electrons. The first-order chi connectivity index (χ1) is 24.7. The van der Waals surface area contributed by atoms with E-state index in [1.54, 1.807) is 0 Å². The zero-order valence-corrected chi connectivity index (χ0v) is 26.7. The molecule has 5 nitrogen and oxygen atoms in total. The molecule has 0 unspecified atom stereocenters. The van der Waals surface area contributed by atoms with Gasteiger partial charge in [0.15, 0.2) is 5.69 Å². The van der Waals surface area contributed by atoms with Crippen LogP contribution in [0.3, 0.4) is 0 Å². The monoisotopic (exact) mass is 635 g/mol. The highest BCUT2D eigenvalue weighted by Gasteiger charge is 2.21. The molecule has 0 saturated carbocycles. The van der Waals surface area contributed by atoms with Crippen molar-refractivity contribution < 1.29 is 0 Å². The van der Waals surface area contributed by atoms with Gasteiger partial charge < -0.3 is 9.13 Å². The molecule has 230 valence electrons. The third kappa shape index (κ3) is 4.31. The Morgan fingerprint density at radius 1 is 0.480 bits per heavy atom. The summed E-state index contributed by atoms with van der Waals surface area (Å²) in [5, 5.41) is 24.1. The Labute approximate surface area is 288 Å². The van der Waals surface area contributed by atoms with Gasteiger partial charge in [-0.15, -0.1) is 0 Å². The number of hydrogen-bond acceptors (Lipinski definition) is 2. The summed E-state index contributed by atoms with van der Waals surface area (Å²) in [7, 11) is 0. The molecule has 50 heavy (non-hydrogen) atoms. The molecule has 0 atom stereocenters. The predicted octanol–water partition coefficient (Wildman–Crippen LogP) is 11.5. The minimum absolute atomic E-state index is 0.505. The van der Waals surface area contributed by atoms with Crippen molar-refractivity contribution >= 4 is 49.3 Å². The van der Waals surface area contributed by atoms with Crippen LogP contribution in [-0.2, 0) is 0 Å². The lowest BCUT2D eigenvalue weighted by atomic mass is 9.91. The Hall–Kier alpha value is -7.39. The number of nitrogens with zero attached hydrogens (tertiary/aromatic N) is 5. The Kier molecular flexibility index (Phi) is 6.56. The van der Waals surface area contributed by atoms with E-state index in [9.17, 15) is 10.5 Å². The number of rotatable bonds is 4. The van der Waals surface area contributed by atoms with Gasteiger partial charge in [-0.3, -0.25) is 0 Å². The third-order valence-electron chi connectivity index (χ3n) is 9.60. The van der Waals surface area contributed by atoms with Crippen LogP contribution in [0.2, 0.25) is 0 Å². The Morgan fingerprint density at radius 3 is 1.74 bits per heavy atom. The van der Waals surface area contributed by atoms with Crippen LogP contribution in [0, 0.1) is 29.2 Å². The van der Waals surface area contributed by atoms with Crippen LogP contribution in [0.4, 0.5) is 5.69 Å². The molecule has 0 aliphatic rings. The number of fused-ring (bicyclic) bond motifs is 6. The lowest BCUT2D eigenvalue weighted by Gasteiger charge is -2.19. The van der Waals surface area contributed by atoms with Crippen molar-refractivity contribution in [2.24, 2.45) is 0 Å². The molecule has 0 spiro atoms. The number of hydrogen-bond donors (Lipinski definition) is 0. The van der Waals surface area contributed by atoms with Crippen LogP contribution in [0.25, 0.3) is 82.1 Å². The van der Waals surface area contributed by atoms with Crippen LogP contribution in [-0.4, -0.2) is 9.13 Å². The van der Waals surface area contributed by atoms with Gasteiger partial charge in [-0.25, -0.2) is 4.85 Å². The summed E-state index contributed by atoms with van der Waals surface area (Å²) >= 11 is 0. The molecule has 0 fully saturated rings. The van der Waals surface area contributed by atoms with Gasteiger partial charge in [-0.05, 0) is 89.0 Å². The molecule has 5 heteroatoms. The molecule has 0 aliphatic heterocycles. The second-order valence-electron chi connectivity index (χ2n) is 12.3. The van der Waals surface area contributed by atoms with Crippen molar-refractivity contribution in [1.29, 1.82) is 10.5 Å². The summed E-state index contributed by atoms with van der Waals surface area (Å²) in [5.74, 6) is 0. The highest BCUT2D eigenvalue weighted by molar-refractivity contribution is 6.11. The van der Waals surface area contributed by atoms with E-state index in [4.69, 9.17) is 6.57 Å². The van der Waals surface area contributed by atoms with E-state index >= 15 is 0 Å². The molecule has 7 aromatic carbocycles. The fourth-order valence-electron chi connectivity index (χ4n) is 7.47. The van der Waals surface area contributed by atoms with Crippen LogP contribution >= 0.6 is 0 Å². The normalized spacial score (nSPS) is 11.1. The standard InChI is InChI=1S/C45H25N5/c1-48-39-16-9-15-33(31-10-8-11-32(26-31)49-40-17-5-4-14-36(40)37-24-29(27-46)20-22-43(37)49)45(39)38-25-30(28-47)21-23-44(38)50-41-18-6-2-12-34(41)35-13-3-7-19-42(35)50/h2-26H. The maximum absolute atomic E-state index is 10.1. The average molecular weight is 636 g/mol. The van der Waals surface area contributed by atoms with E-state index in [1.165, 1.54) is 0 Å². The zero-order valence-electron chi connectivity index (χ0n) is 26.7. The van der Waals surface area contributed by atoms with Gasteiger partial charge >= 0.3 is 0 Å². The maximum atomic E-state index is 10.1. The molecule has 0 amide bonds. The van der Waals surface area contributed by atoms with E-state index in [0.29, 0.717) is 16.8 Å². The van der Waals surface area contributed by atoms with Gasteiger partial charge in [0, 0.05) is 27.2 Å². The topological polar surface area (TPSA) is 61.8 Å². The summed E-state index contributed by atoms with van der Waals surface area (Å²) in [6.45, 7) is 8.29. The minimum Gasteiger partial charge on any atom is -0.309 e. The van der Waals surface area contributed by atoms with E-state index in [0.717, 1.165) is 77.2 Å². The van der Waals surface area contributed by atoms with Gasteiger partial charge in [-0.2, -0.15) is 10.5 Å². The molecule has 9 rings (SSSR count). The van der Waals surface area contributed by atoms with Crippen molar-refractivity contribution in [2.75, 3.05) is 0 Å². The zero-order chi connectivity index (χ0) is 33.8. The third-order valence-corrected chi connectivity index (χ3v) is 9.60. The highest BCUT2D eigenvalue weighted by Crippen LogP contribution is 2.45. The van der Waals surface area contributed by atoms with Crippen LogP contribution in [0.15, 0.2) is 152 Å². The number of benzene rings is 7. The fraction of sp³-hybridized carbons (Fsp3) is 0. The van der Waals surface area contributed by atoms with Crippen molar-refractivity contribution in [1.82, 2.24) is 9.13 Å². The second kappa shape index (κ2) is 11.4. The Balaban J connectivity index is 1.32. The molecule has 0 bridgehead atoms. The molecular weight excluding hydrogens is 611 g/mol. The van der Waals surface area contributed by atoms with E-state index < -0.39 is 0 Å².